The summed E-state index contributed by atoms with van der Waals surface area (Å²) in [5.41, 5.74) is 30.8. The number of hydrogen-bond acceptors (Lipinski definition) is 3. The molecule has 4 saturated heterocycles. The first kappa shape index (κ1) is 65.4. The Hall–Kier alpha value is -12.4. The first-order valence-corrected chi connectivity index (χ1v) is 44.7. The van der Waals surface area contributed by atoms with Crippen LogP contribution in [0, 0.1) is 0 Å². The molecule has 0 amide bonds. The van der Waals surface area contributed by atoms with E-state index in [0.717, 1.165) is 47.1 Å². The van der Waals surface area contributed by atoms with E-state index in [9.17, 15) is 0 Å². The van der Waals surface area contributed by atoms with E-state index in [-0.39, 0.29) is 34.5 Å². The minimum atomic E-state index is -1.96. The fourth-order valence-corrected chi connectivity index (χ4v) is 33.6. The maximum absolute atomic E-state index is 5.89. The van der Waals surface area contributed by atoms with Crippen molar-refractivity contribution < 1.29 is 0 Å². The molecule has 16 aromatic carbocycles. The molecule has 0 spiro atoms. The van der Waals surface area contributed by atoms with Crippen LogP contribution < -0.4 is 64.3 Å². The minimum absolute atomic E-state index is 0.0866. The van der Waals surface area contributed by atoms with E-state index >= 15 is 0 Å². The molecule has 0 saturated carbocycles. The van der Waals surface area contributed by atoms with Crippen molar-refractivity contribution in [1.29, 1.82) is 0 Å². The quantitative estimate of drug-likeness (QED) is 0.0955. The van der Waals surface area contributed by atoms with E-state index in [2.05, 4.69) is 425 Å². The van der Waals surface area contributed by atoms with Crippen LogP contribution in [0.5, 0.6) is 0 Å². The van der Waals surface area contributed by atoms with Crippen molar-refractivity contribution in [3.8, 4) is 17.1 Å². The van der Waals surface area contributed by atoms with Gasteiger partial charge < -0.3 is 18.9 Å². The molecule has 3 aromatic heterocycles. The predicted octanol–water partition coefficient (Wildman–Crippen LogP) is 15.5. The Labute approximate surface area is 662 Å². The topological polar surface area (TPSA) is 33.6 Å². The van der Waals surface area contributed by atoms with Crippen LogP contribution in [0.4, 0.5) is 34.1 Å². The summed E-state index contributed by atoms with van der Waals surface area (Å²) in [5, 5.41) is 9.87. The smallest absolute Gasteiger partial charge is 0.246 e. The molecule has 1 radical (unpaired) electrons. The van der Waals surface area contributed by atoms with Gasteiger partial charge in [0, 0.05) is 66.7 Å². The maximum atomic E-state index is 5.89. The maximum Gasteiger partial charge on any atom is 0.246 e. The Balaban J connectivity index is 0.0000000983. The Morgan fingerprint density at radius 3 is 1.21 bits per heavy atom. The second-order valence-corrected chi connectivity index (χ2v) is 41.2. The summed E-state index contributed by atoms with van der Waals surface area (Å²) in [6, 6.07) is 144. The molecule has 521 valence electrons. The van der Waals surface area contributed by atoms with Crippen LogP contribution in [0.1, 0.15) is 0 Å². The van der Waals surface area contributed by atoms with Crippen molar-refractivity contribution >= 4 is 227 Å². The van der Waals surface area contributed by atoms with E-state index in [1.807, 2.05) is 0 Å². The number of para-hydroxylation sites is 11. The Morgan fingerprint density at radius 1 is 0.310 bits per heavy atom. The second kappa shape index (κ2) is 25.3. The molecule has 4 fully saturated rings. The van der Waals surface area contributed by atoms with Gasteiger partial charge in [0.15, 0.2) is 0 Å². The molecule has 7 aliphatic rings. The number of fused-ring (bicyclic) bond motifs is 17. The van der Waals surface area contributed by atoms with Gasteiger partial charge in [-0.15, -0.1) is 0 Å². The van der Waals surface area contributed by atoms with E-state index in [4.69, 9.17) is 4.52 Å². The predicted molar refractivity (Wildman–Crippen MR) is 501 cm³/mol. The first-order valence-electron chi connectivity index (χ1n) is 40.5. The largest absolute Gasteiger partial charge is 0.310 e. The third kappa shape index (κ3) is 9.91. The summed E-state index contributed by atoms with van der Waals surface area (Å²) in [5.74, 6) is 0. The molecular formula is C96H69B9N6P2-. The van der Waals surface area contributed by atoms with Crippen molar-refractivity contribution in [2.24, 2.45) is 4.52 Å². The van der Waals surface area contributed by atoms with Crippen LogP contribution >= 0.6 is 13.9 Å². The monoisotopic (exact) mass is 1470 g/mol. The van der Waals surface area contributed by atoms with Crippen molar-refractivity contribution in [2.45, 2.75) is 0 Å². The number of rotatable bonds is 11. The fraction of sp³-hybridized carbons (Fsp3) is 0. The zero-order valence-electron chi connectivity index (χ0n) is 62.6. The Kier molecular flexibility index (Phi) is 14.6. The molecule has 6 nitrogen and oxygen atoms in total. The zero-order valence-corrected chi connectivity index (χ0v) is 64.4. The fourth-order valence-electron chi connectivity index (χ4n) is 20.9. The summed E-state index contributed by atoms with van der Waals surface area (Å²) >= 11 is 0. The van der Waals surface area contributed by atoms with E-state index in [1.54, 1.807) is 5.30 Å². The van der Waals surface area contributed by atoms with Crippen molar-refractivity contribution in [2.75, 3.05) is 9.80 Å². The van der Waals surface area contributed by atoms with Crippen LogP contribution in [0.15, 0.2) is 399 Å². The standard InChI is InChI=1S/2C36H25BN2.C24H19B7N2P2/c1-4-14-26(15-5-1)37-31-22-12-21-30-29-20-10-11-24-33(29)39(35(30)31)36-32(37)23-13-25-34(36)38(27-16-6-2-7-17-27)28-18-8-3-9-19-28;1-4-13-26(14-5-1)37-32-24-23-29(38(27-15-6-2-7-16-27)28-17-8-3-9-18-28)25-35(32)39-34-22-11-10-19-30(34)31-20-12-21-33(37)36(31)39;1-2-8-16(9-3-1)28-18-11-4-5-13-20(18)33-21-14-7-15-22(23(21)17-10-6-12-19(28)24(17)33)35(26-29(35)27-35)32-34-30-25-31(30)34/h2*1-25H;1-15H,25-26H2/q;;-1. The van der Waals surface area contributed by atoms with Gasteiger partial charge in [0.1, 0.15) is 0 Å². The molecule has 0 aliphatic carbocycles. The van der Waals surface area contributed by atoms with E-state index in [0.29, 0.717) is 7.06 Å². The van der Waals surface area contributed by atoms with Gasteiger partial charge in [0.2, 0.25) is 13.4 Å². The minimum Gasteiger partial charge on any atom is -0.310 e. The molecule has 0 N–H and O–H groups in total. The third-order valence-corrected chi connectivity index (χ3v) is 37.9. The Morgan fingerprint density at radius 2 is 0.690 bits per heavy atom. The Bertz CT molecular complexity index is 7050. The zero-order chi connectivity index (χ0) is 74.1. The molecule has 26 rings (SSSR count). The summed E-state index contributed by atoms with van der Waals surface area (Å²) in [6.45, 7) is 3.43. The van der Waals surface area contributed by atoms with Gasteiger partial charge in [-0.1, -0.05) is 235 Å². The van der Waals surface area contributed by atoms with Gasteiger partial charge in [-0.2, -0.15) is 0 Å². The number of nitrogens with zero attached hydrogens (tertiary/aromatic N) is 6. The van der Waals surface area contributed by atoms with Crippen LogP contribution in [0.3, 0.4) is 0 Å². The average molecular weight is 1470 g/mol. The van der Waals surface area contributed by atoms with Crippen LogP contribution in [0.25, 0.3) is 82.5 Å². The van der Waals surface area contributed by atoms with Gasteiger partial charge in [0.05, 0.1) is 22.4 Å². The van der Waals surface area contributed by atoms with E-state index < -0.39 is 6.39 Å². The van der Waals surface area contributed by atoms with Crippen LogP contribution in [-0.2, 0) is 0 Å². The molecule has 19 aromatic rings. The second-order valence-electron chi connectivity index (χ2n) is 32.6. The summed E-state index contributed by atoms with van der Waals surface area (Å²) in [4.78, 5) is 4.75. The van der Waals surface area contributed by atoms with Crippen LogP contribution in [-0.4, -0.2) is 73.3 Å². The van der Waals surface area contributed by atoms with Crippen molar-refractivity contribution in [3.63, 3.8) is 0 Å². The molecule has 113 heavy (non-hydrogen) atoms. The SMILES string of the molecule is [B]1B2[BH2-]P12(N=[P+]1B2[BH2-]B21)c1cccc2c1c1cccc3c1n2-c1ccccc1B3c1ccccc1.c1ccc(B2c3ccc(N(c4ccccc4)c4ccccc4)cc3-n3c4ccccc4c4cccc2c43)cc1.c1ccc(B2c3cccc(N(c4ccccc4)c4ccccc4)c3-n3c4ccccc4c4cccc2c43)cc1. The number of anilines is 6. The van der Waals surface area contributed by atoms with Crippen molar-refractivity contribution in [1.82, 2.24) is 13.7 Å². The van der Waals surface area contributed by atoms with Gasteiger partial charge in [0.25, 0.3) is 0 Å². The number of aromatic nitrogens is 3. The molecule has 7 aliphatic heterocycles. The third-order valence-electron chi connectivity index (χ3n) is 26.6. The van der Waals surface area contributed by atoms with Gasteiger partial charge in [-0.05, 0) is 101 Å². The number of hydrogen-bond donors (Lipinski definition) is 0. The van der Waals surface area contributed by atoms with Crippen molar-refractivity contribution in [3.05, 3.63) is 394 Å². The normalized spacial score (nSPS) is 15.0. The van der Waals surface area contributed by atoms with Gasteiger partial charge in [-0.25, -0.2) is 0 Å². The molecule has 10 heterocycles. The molecular weight excluding hydrogens is 1400 g/mol. The first-order chi connectivity index (χ1) is 56.1. The van der Waals surface area contributed by atoms with Gasteiger partial charge in [-0.3, -0.25) is 0 Å². The van der Waals surface area contributed by atoms with E-state index in [1.165, 1.54) is 137 Å². The molecule has 0 bridgehead atoms. The summed E-state index contributed by atoms with van der Waals surface area (Å²) in [7, 11) is 0.536. The van der Waals surface area contributed by atoms with Gasteiger partial charge >= 0.3 is 209 Å². The molecule has 0 unspecified atom stereocenters. The average Bonchev–Trinajstić information content (AvgIpc) is 1.42. The summed E-state index contributed by atoms with van der Waals surface area (Å²) < 4.78 is 13.5. The molecule has 0 atom stereocenters. The summed E-state index contributed by atoms with van der Waals surface area (Å²) in [6.07, 6.45) is 1.27. The van der Waals surface area contributed by atoms with Crippen LogP contribution in [0.2, 0.25) is 0 Å². The molecule has 17 heteroatoms. The number of benzene rings is 16.